The Morgan fingerprint density at radius 3 is 2.80 bits per heavy atom. The van der Waals surface area contributed by atoms with Crippen molar-refractivity contribution in [3.63, 3.8) is 0 Å². The molecule has 0 bridgehead atoms. The number of aliphatic carboxylic acids is 1. The van der Waals surface area contributed by atoms with Gasteiger partial charge in [-0.25, -0.2) is 0 Å². The molecule has 3 N–H and O–H groups in total. The minimum atomic E-state index is -1.14. The average molecular weight is 209 g/mol. The maximum Gasteiger partial charge on any atom is 0.129 e. The lowest BCUT2D eigenvalue weighted by Crippen LogP contribution is -2.69. The van der Waals surface area contributed by atoms with Crippen molar-refractivity contribution in [3.8, 4) is 5.75 Å². The zero-order valence-electron chi connectivity index (χ0n) is 8.73. The first-order chi connectivity index (χ1) is 7.15. The van der Waals surface area contributed by atoms with Crippen LogP contribution in [0.3, 0.4) is 0 Å². The molecule has 1 aromatic carbocycles. The molecule has 0 aliphatic carbocycles. The molecule has 0 aromatic heterocycles. The Labute approximate surface area is 88.7 Å². The number of carboxylic acid groups (broad SMARTS) is 1. The monoisotopic (exact) mass is 209 g/mol. The summed E-state index contributed by atoms with van der Waals surface area (Å²) in [5, 5.41) is 10.6. The second-order valence-electron chi connectivity index (χ2n) is 3.26. The summed E-state index contributed by atoms with van der Waals surface area (Å²) >= 11 is 0. The molecule has 1 aromatic rings. The number of hydrogen-bond donors (Lipinski definition) is 1. The molecule has 82 valence electrons. The normalized spacial score (nSPS) is 12.1. The molecule has 4 nitrogen and oxygen atoms in total. The van der Waals surface area contributed by atoms with E-state index in [1.807, 2.05) is 31.2 Å². The van der Waals surface area contributed by atoms with Crippen molar-refractivity contribution < 1.29 is 20.4 Å². The number of para-hydroxylation sites is 1. The van der Waals surface area contributed by atoms with E-state index in [2.05, 4.69) is 5.73 Å². The topological polar surface area (TPSA) is 77.0 Å². The van der Waals surface area contributed by atoms with Crippen LogP contribution in [-0.2, 0) is 11.2 Å². The quantitative estimate of drug-likeness (QED) is 0.675. The molecular formula is C11H15NO3. The predicted octanol–water partition coefficient (Wildman–Crippen LogP) is -1.01. The molecule has 0 saturated carbocycles. The summed E-state index contributed by atoms with van der Waals surface area (Å²) in [5.41, 5.74) is 4.37. The van der Waals surface area contributed by atoms with Gasteiger partial charge in [0.25, 0.3) is 0 Å². The smallest absolute Gasteiger partial charge is 0.129 e. The number of carbonyl (C=O) groups excluding carboxylic acids is 1. The van der Waals surface area contributed by atoms with Gasteiger partial charge in [0, 0.05) is 12.0 Å². The Kier molecular flexibility index (Phi) is 4.12. The lowest BCUT2D eigenvalue weighted by molar-refractivity contribution is -0.437. The van der Waals surface area contributed by atoms with Gasteiger partial charge < -0.3 is 20.4 Å². The first kappa shape index (κ1) is 11.5. The average Bonchev–Trinajstić information content (AvgIpc) is 2.21. The Bertz CT molecular complexity index is 338. The van der Waals surface area contributed by atoms with Gasteiger partial charge in [-0.15, -0.1) is 0 Å². The van der Waals surface area contributed by atoms with Crippen LogP contribution in [0.25, 0.3) is 0 Å². The first-order valence-corrected chi connectivity index (χ1v) is 4.89. The molecule has 0 amide bonds. The van der Waals surface area contributed by atoms with Crippen molar-refractivity contribution in [2.24, 2.45) is 0 Å². The Balaban J connectivity index is 2.79. The number of rotatable bonds is 5. The molecule has 0 aliphatic heterocycles. The molecule has 0 fully saturated rings. The first-order valence-electron chi connectivity index (χ1n) is 4.89. The van der Waals surface area contributed by atoms with Gasteiger partial charge in [0.05, 0.1) is 12.6 Å². The van der Waals surface area contributed by atoms with E-state index in [1.54, 1.807) is 0 Å². The van der Waals surface area contributed by atoms with Crippen LogP contribution >= 0.6 is 0 Å². The highest BCUT2D eigenvalue weighted by Gasteiger charge is 2.11. The molecule has 0 unspecified atom stereocenters. The maximum atomic E-state index is 10.6. The number of ether oxygens (including phenoxy) is 1. The standard InChI is InChI=1S/C11H15NO3/c1-2-15-10-6-4-3-5-8(10)7-9(12)11(13)14/h3-6,9H,2,7,12H2,1H3,(H,13,14)/t9-/m1/s1. The van der Waals surface area contributed by atoms with Gasteiger partial charge in [0.1, 0.15) is 11.8 Å². The highest BCUT2D eigenvalue weighted by atomic mass is 16.5. The predicted molar refractivity (Wildman–Crippen MR) is 53.0 cm³/mol. The van der Waals surface area contributed by atoms with E-state index in [4.69, 9.17) is 4.74 Å². The van der Waals surface area contributed by atoms with Crippen LogP contribution in [0.2, 0.25) is 0 Å². The van der Waals surface area contributed by atoms with E-state index < -0.39 is 12.0 Å². The van der Waals surface area contributed by atoms with E-state index >= 15 is 0 Å². The van der Waals surface area contributed by atoms with Crippen LogP contribution in [-0.4, -0.2) is 18.6 Å². The molecule has 0 aliphatic rings. The van der Waals surface area contributed by atoms with E-state index in [0.717, 1.165) is 11.3 Å². The molecule has 0 spiro atoms. The fraction of sp³-hybridized carbons (Fsp3) is 0.364. The largest absolute Gasteiger partial charge is 0.544 e. The fourth-order valence-electron chi connectivity index (χ4n) is 1.32. The highest BCUT2D eigenvalue weighted by Crippen LogP contribution is 2.18. The third kappa shape index (κ3) is 3.25. The minimum absolute atomic E-state index is 0.332. The van der Waals surface area contributed by atoms with Crippen LogP contribution < -0.4 is 15.6 Å². The van der Waals surface area contributed by atoms with E-state index in [0.29, 0.717) is 13.0 Å². The lowest BCUT2D eigenvalue weighted by Gasteiger charge is -2.13. The second kappa shape index (κ2) is 5.36. The Morgan fingerprint density at radius 2 is 2.20 bits per heavy atom. The van der Waals surface area contributed by atoms with Gasteiger partial charge in [0.2, 0.25) is 0 Å². The van der Waals surface area contributed by atoms with E-state index in [1.165, 1.54) is 0 Å². The zero-order valence-corrected chi connectivity index (χ0v) is 8.73. The molecule has 1 atom stereocenters. The molecule has 15 heavy (non-hydrogen) atoms. The molecular weight excluding hydrogens is 194 g/mol. The Morgan fingerprint density at radius 1 is 1.53 bits per heavy atom. The van der Waals surface area contributed by atoms with E-state index in [-0.39, 0.29) is 0 Å². The van der Waals surface area contributed by atoms with Gasteiger partial charge >= 0.3 is 0 Å². The van der Waals surface area contributed by atoms with Gasteiger partial charge in [-0.2, -0.15) is 0 Å². The minimum Gasteiger partial charge on any atom is -0.544 e. The van der Waals surface area contributed by atoms with Crippen molar-refractivity contribution in [2.45, 2.75) is 19.4 Å². The summed E-state index contributed by atoms with van der Waals surface area (Å²) < 4.78 is 5.38. The summed E-state index contributed by atoms with van der Waals surface area (Å²) in [4.78, 5) is 10.6. The number of carbonyl (C=O) groups is 1. The fourth-order valence-corrected chi connectivity index (χ4v) is 1.32. The molecule has 4 heteroatoms. The molecule has 0 heterocycles. The highest BCUT2D eigenvalue weighted by molar-refractivity contribution is 5.69. The summed E-state index contributed by atoms with van der Waals surface area (Å²) in [5.74, 6) is -0.420. The number of carboxylic acids is 1. The summed E-state index contributed by atoms with van der Waals surface area (Å²) in [6.07, 6.45) is 0.332. The molecule has 0 saturated heterocycles. The van der Waals surface area contributed by atoms with Gasteiger partial charge in [-0.05, 0) is 13.0 Å². The zero-order chi connectivity index (χ0) is 11.3. The SMILES string of the molecule is CCOc1ccccc1C[C@@H]([NH3+])C(=O)[O-]. The third-order valence-electron chi connectivity index (χ3n) is 2.07. The van der Waals surface area contributed by atoms with Crippen LogP contribution in [0.5, 0.6) is 5.75 Å². The Hall–Kier alpha value is -1.55. The van der Waals surface area contributed by atoms with Crippen molar-refractivity contribution in [1.82, 2.24) is 0 Å². The lowest BCUT2D eigenvalue weighted by atomic mass is 10.1. The molecule has 1 rings (SSSR count). The molecule has 0 radical (unpaired) electrons. The number of benzene rings is 1. The third-order valence-corrected chi connectivity index (χ3v) is 2.07. The number of hydrogen-bond acceptors (Lipinski definition) is 3. The van der Waals surface area contributed by atoms with Crippen LogP contribution in [0.15, 0.2) is 24.3 Å². The van der Waals surface area contributed by atoms with Gasteiger partial charge in [-0.1, -0.05) is 18.2 Å². The summed E-state index contributed by atoms with van der Waals surface area (Å²) in [6.45, 7) is 2.45. The second-order valence-corrected chi connectivity index (χ2v) is 3.26. The van der Waals surface area contributed by atoms with Crippen LogP contribution in [0.4, 0.5) is 0 Å². The van der Waals surface area contributed by atoms with Crippen molar-refractivity contribution in [1.29, 1.82) is 0 Å². The van der Waals surface area contributed by atoms with Crippen molar-refractivity contribution in [2.75, 3.05) is 6.61 Å². The number of quaternary nitrogens is 1. The maximum absolute atomic E-state index is 10.6. The van der Waals surface area contributed by atoms with E-state index in [9.17, 15) is 9.90 Å². The summed E-state index contributed by atoms with van der Waals surface area (Å²) in [6, 6.07) is 6.62. The van der Waals surface area contributed by atoms with Gasteiger partial charge in [0.15, 0.2) is 0 Å². The van der Waals surface area contributed by atoms with Gasteiger partial charge in [-0.3, -0.25) is 0 Å². The van der Waals surface area contributed by atoms with Crippen LogP contribution in [0.1, 0.15) is 12.5 Å². The van der Waals surface area contributed by atoms with Crippen LogP contribution in [0, 0.1) is 0 Å². The van der Waals surface area contributed by atoms with Crippen molar-refractivity contribution in [3.05, 3.63) is 29.8 Å². The summed E-state index contributed by atoms with van der Waals surface area (Å²) in [7, 11) is 0. The van der Waals surface area contributed by atoms with Crippen molar-refractivity contribution >= 4 is 5.97 Å².